The number of nitrogens with zero attached hydrogens (tertiary/aromatic N) is 2. The van der Waals surface area contributed by atoms with Crippen molar-refractivity contribution in [3.8, 4) is 11.5 Å². The third-order valence-corrected chi connectivity index (χ3v) is 5.28. The summed E-state index contributed by atoms with van der Waals surface area (Å²) in [6, 6.07) is 7.58. The fraction of sp³-hybridized carbons (Fsp3) is 0.611. The van der Waals surface area contributed by atoms with Gasteiger partial charge in [0, 0.05) is 26.7 Å². The summed E-state index contributed by atoms with van der Waals surface area (Å²) in [6.07, 6.45) is 0.0909. The van der Waals surface area contributed by atoms with Gasteiger partial charge in [0.05, 0.1) is 18.8 Å². The SMILES string of the molecule is CC1Oc2ccccc2OC1C(=O)N(C)C1CCN2CCOC1C2. The van der Waals surface area contributed by atoms with E-state index in [9.17, 15) is 4.79 Å². The molecule has 6 heteroatoms. The third kappa shape index (κ3) is 2.74. The summed E-state index contributed by atoms with van der Waals surface area (Å²) in [7, 11) is 1.86. The van der Waals surface area contributed by atoms with Crippen LogP contribution in [-0.2, 0) is 9.53 Å². The second-order valence-corrected chi connectivity index (χ2v) is 6.82. The Morgan fingerprint density at radius 3 is 2.75 bits per heavy atom. The first kappa shape index (κ1) is 15.7. The van der Waals surface area contributed by atoms with Crippen LogP contribution in [0.15, 0.2) is 24.3 Å². The number of fused-ring (bicyclic) bond motifs is 3. The van der Waals surface area contributed by atoms with Crippen LogP contribution in [0.3, 0.4) is 0 Å². The Morgan fingerprint density at radius 2 is 1.96 bits per heavy atom. The predicted molar refractivity (Wildman–Crippen MR) is 88.3 cm³/mol. The Bertz CT molecular complexity index is 623. The van der Waals surface area contributed by atoms with Crippen LogP contribution in [0.25, 0.3) is 0 Å². The van der Waals surface area contributed by atoms with Crippen molar-refractivity contribution in [1.82, 2.24) is 9.80 Å². The number of benzene rings is 1. The number of ether oxygens (including phenoxy) is 3. The highest BCUT2D eigenvalue weighted by Crippen LogP contribution is 2.34. The molecule has 1 amide bonds. The first-order valence-electron chi connectivity index (χ1n) is 8.66. The number of hydrogen-bond acceptors (Lipinski definition) is 5. The summed E-state index contributed by atoms with van der Waals surface area (Å²) in [4.78, 5) is 17.2. The topological polar surface area (TPSA) is 51.2 Å². The molecule has 1 aromatic rings. The maximum atomic E-state index is 13.0. The van der Waals surface area contributed by atoms with Crippen molar-refractivity contribution >= 4 is 5.91 Å². The average molecular weight is 332 g/mol. The quantitative estimate of drug-likeness (QED) is 0.813. The van der Waals surface area contributed by atoms with Gasteiger partial charge < -0.3 is 19.1 Å². The molecule has 0 N–H and O–H groups in total. The summed E-state index contributed by atoms with van der Waals surface area (Å²) < 4.78 is 17.7. The van der Waals surface area contributed by atoms with E-state index in [1.807, 2.05) is 43.1 Å². The minimum absolute atomic E-state index is 0.0374. The molecule has 0 spiro atoms. The smallest absolute Gasteiger partial charge is 0.267 e. The van der Waals surface area contributed by atoms with Crippen LogP contribution < -0.4 is 9.47 Å². The molecule has 4 rings (SSSR count). The Hall–Kier alpha value is -1.79. The zero-order chi connectivity index (χ0) is 16.7. The predicted octanol–water partition coefficient (Wildman–Crippen LogP) is 1.15. The van der Waals surface area contributed by atoms with Gasteiger partial charge in [0.15, 0.2) is 11.5 Å². The van der Waals surface area contributed by atoms with Crippen molar-refractivity contribution < 1.29 is 19.0 Å². The zero-order valence-corrected chi connectivity index (χ0v) is 14.2. The summed E-state index contributed by atoms with van der Waals surface area (Å²) in [6.45, 7) is 5.54. The molecule has 130 valence electrons. The molecule has 2 bridgehead atoms. The number of amides is 1. The van der Waals surface area contributed by atoms with Crippen molar-refractivity contribution in [3.05, 3.63) is 24.3 Å². The largest absolute Gasteiger partial charge is 0.482 e. The number of rotatable bonds is 2. The van der Waals surface area contributed by atoms with E-state index in [0.717, 1.165) is 32.7 Å². The lowest BCUT2D eigenvalue weighted by Crippen LogP contribution is -2.61. The molecule has 2 fully saturated rings. The van der Waals surface area contributed by atoms with Crippen molar-refractivity contribution in [2.75, 3.05) is 33.3 Å². The van der Waals surface area contributed by atoms with E-state index in [1.165, 1.54) is 0 Å². The molecule has 3 heterocycles. The average Bonchev–Trinajstić information content (AvgIpc) is 2.60. The molecular formula is C18H24N2O4. The molecule has 5 atom stereocenters. The van der Waals surface area contributed by atoms with E-state index in [2.05, 4.69) is 4.90 Å². The van der Waals surface area contributed by atoms with E-state index in [1.54, 1.807) is 0 Å². The standard InChI is InChI=1S/C18H24N2O4/c1-12-17(24-15-6-4-3-5-14(15)23-12)18(21)19(2)13-7-8-20-9-10-22-16(13)11-20/h3-6,12-13,16-17H,7-11H2,1-2H3. The molecule has 0 radical (unpaired) electrons. The molecule has 2 saturated heterocycles. The summed E-state index contributed by atoms with van der Waals surface area (Å²) >= 11 is 0. The van der Waals surface area contributed by atoms with Gasteiger partial charge >= 0.3 is 0 Å². The van der Waals surface area contributed by atoms with Gasteiger partial charge in [-0.1, -0.05) is 12.1 Å². The highest BCUT2D eigenvalue weighted by molar-refractivity contribution is 5.82. The number of likely N-dealkylation sites (N-methyl/N-ethyl adjacent to an activating group) is 1. The molecular weight excluding hydrogens is 308 g/mol. The van der Waals surface area contributed by atoms with Crippen LogP contribution in [-0.4, -0.2) is 73.3 Å². The van der Waals surface area contributed by atoms with Crippen LogP contribution in [0.5, 0.6) is 11.5 Å². The van der Waals surface area contributed by atoms with E-state index in [0.29, 0.717) is 11.5 Å². The minimum atomic E-state index is -0.619. The third-order valence-electron chi connectivity index (χ3n) is 5.28. The fourth-order valence-corrected chi connectivity index (χ4v) is 3.87. The molecule has 6 nitrogen and oxygen atoms in total. The Labute approximate surface area is 142 Å². The van der Waals surface area contributed by atoms with Crippen LogP contribution in [0.4, 0.5) is 0 Å². The van der Waals surface area contributed by atoms with E-state index in [4.69, 9.17) is 14.2 Å². The van der Waals surface area contributed by atoms with Gasteiger partial charge in [-0.2, -0.15) is 0 Å². The van der Waals surface area contributed by atoms with Gasteiger partial charge in [0.25, 0.3) is 5.91 Å². The number of hydrogen-bond donors (Lipinski definition) is 0. The van der Waals surface area contributed by atoms with Gasteiger partial charge in [-0.05, 0) is 25.5 Å². The number of carbonyl (C=O) groups excluding carboxylic acids is 1. The Balaban J connectivity index is 1.49. The second kappa shape index (κ2) is 6.26. The first-order chi connectivity index (χ1) is 11.6. The van der Waals surface area contributed by atoms with E-state index in [-0.39, 0.29) is 24.2 Å². The molecule has 0 aromatic heterocycles. The molecule has 3 aliphatic rings. The summed E-state index contributed by atoms with van der Waals surface area (Å²) in [5.74, 6) is 1.29. The van der Waals surface area contributed by atoms with Crippen molar-refractivity contribution in [2.45, 2.75) is 37.7 Å². The van der Waals surface area contributed by atoms with Gasteiger partial charge in [-0.25, -0.2) is 0 Å². The van der Waals surface area contributed by atoms with Gasteiger partial charge in [-0.3, -0.25) is 9.69 Å². The maximum Gasteiger partial charge on any atom is 0.267 e. The molecule has 3 aliphatic heterocycles. The van der Waals surface area contributed by atoms with E-state index >= 15 is 0 Å². The summed E-state index contributed by atoms with van der Waals surface area (Å²) in [5, 5.41) is 0. The monoisotopic (exact) mass is 332 g/mol. The highest BCUT2D eigenvalue weighted by Gasteiger charge is 2.42. The van der Waals surface area contributed by atoms with E-state index < -0.39 is 6.10 Å². The minimum Gasteiger partial charge on any atom is -0.482 e. The maximum absolute atomic E-state index is 13.0. The van der Waals surface area contributed by atoms with Crippen molar-refractivity contribution in [2.24, 2.45) is 0 Å². The number of para-hydroxylation sites is 2. The van der Waals surface area contributed by atoms with Crippen molar-refractivity contribution in [1.29, 1.82) is 0 Å². The number of carbonyl (C=O) groups is 1. The van der Waals surface area contributed by atoms with Gasteiger partial charge in [-0.15, -0.1) is 0 Å². The molecule has 24 heavy (non-hydrogen) atoms. The second-order valence-electron chi connectivity index (χ2n) is 6.82. The zero-order valence-electron chi connectivity index (χ0n) is 14.2. The van der Waals surface area contributed by atoms with Crippen LogP contribution in [0.2, 0.25) is 0 Å². The lowest BCUT2D eigenvalue weighted by atomic mass is 9.98. The molecule has 5 unspecified atom stereocenters. The first-order valence-corrected chi connectivity index (χ1v) is 8.66. The highest BCUT2D eigenvalue weighted by atomic mass is 16.6. The van der Waals surface area contributed by atoms with Crippen LogP contribution in [0, 0.1) is 0 Å². The van der Waals surface area contributed by atoms with Gasteiger partial charge in [0.1, 0.15) is 6.10 Å². The van der Waals surface area contributed by atoms with Crippen molar-refractivity contribution in [3.63, 3.8) is 0 Å². The van der Waals surface area contributed by atoms with Crippen LogP contribution >= 0.6 is 0 Å². The lowest BCUT2D eigenvalue weighted by Gasteiger charge is -2.46. The molecule has 1 aromatic carbocycles. The number of morpholine rings is 1. The lowest BCUT2D eigenvalue weighted by molar-refractivity contribution is -0.154. The molecule has 0 saturated carbocycles. The molecule has 0 aliphatic carbocycles. The van der Waals surface area contributed by atoms with Gasteiger partial charge in [0.2, 0.25) is 6.10 Å². The normalized spacial score (nSPS) is 34.5. The Morgan fingerprint density at radius 1 is 1.21 bits per heavy atom. The Kier molecular flexibility index (Phi) is 4.10. The summed E-state index contributed by atoms with van der Waals surface area (Å²) in [5.41, 5.74) is 0. The van der Waals surface area contributed by atoms with Crippen LogP contribution in [0.1, 0.15) is 13.3 Å². The number of piperidine rings is 1. The fourth-order valence-electron chi connectivity index (χ4n) is 3.87.